The van der Waals surface area contributed by atoms with E-state index in [1.807, 2.05) is 0 Å². The highest BCUT2D eigenvalue weighted by Gasteiger charge is 2.27. The number of H-pyrrole nitrogens is 1. The second-order valence-corrected chi connectivity index (χ2v) is 4.00. The fraction of sp³-hybridized carbons (Fsp3) is 0.500. The van der Waals surface area contributed by atoms with Crippen LogP contribution in [-0.2, 0) is 0 Å². The van der Waals surface area contributed by atoms with Crippen molar-refractivity contribution >= 4 is 5.91 Å². The van der Waals surface area contributed by atoms with E-state index in [2.05, 4.69) is 15.3 Å². The third kappa shape index (κ3) is 2.46. The lowest BCUT2D eigenvalue weighted by Gasteiger charge is -2.31. The molecule has 0 aliphatic heterocycles. The Morgan fingerprint density at radius 2 is 2.38 bits per heavy atom. The van der Waals surface area contributed by atoms with Crippen molar-refractivity contribution in [3.05, 3.63) is 28.4 Å². The van der Waals surface area contributed by atoms with Crippen molar-refractivity contribution in [2.24, 2.45) is 5.92 Å². The molecular weight excluding hydrogens is 210 g/mol. The lowest BCUT2D eigenvalue weighted by atomic mass is 9.82. The zero-order valence-electron chi connectivity index (χ0n) is 8.64. The maximum absolute atomic E-state index is 11.5. The Morgan fingerprint density at radius 1 is 1.62 bits per heavy atom. The Kier molecular flexibility index (Phi) is 3.00. The van der Waals surface area contributed by atoms with Crippen molar-refractivity contribution in [2.45, 2.75) is 18.9 Å². The Bertz CT molecular complexity index is 417. The van der Waals surface area contributed by atoms with Gasteiger partial charge in [0.15, 0.2) is 0 Å². The third-order valence-corrected chi connectivity index (χ3v) is 2.67. The monoisotopic (exact) mass is 223 g/mol. The minimum absolute atomic E-state index is 0.194. The van der Waals surface area contributed by atoms with Crippen LogP contribution in [0, 0.1) is 5.92 Å². The number of nitrogens with one attached hydrogen (secondary N) is 2. The molecule has 86 valence electrons. The van der Waals surface area contributed by atoms with E-state index in [4.69, 9.17) is 5.11 Å². The van der Waals surface area contributed by atoms with Crippen LogP contribution in [0.5, 0.6) is 0 Å². The Balaban J connectivity index is 1.83. The van der Waals surface area contributed by atoms with E-state index >= 15 is 0 Å². The molecule has 1 aliphatic rings. The molecule has 0 atom stereocenters. The average molecular weight is 223 g/mol. The fourth-order valence-corrected chi connectivity index (χ4v) is 1.66. The quantitative estimate of drug-likeness (QED) is 0.629. The molecular formula is C10H13N3O3. The maximum atomic E-state index is 11.5. The highest BCUT2D eigenvalue weighted by Crippen LogP contribution is 2.26. The van der Waals surface area contributed by atoms with E-state index in [1.54, 1.807) is 0 Å². The molecule has 1 aromatic heterocycles. The van der Waals surface area contributed by atoms with Gasteiger partial charge in [0.25, 0.3) is 11.5 Å². The lowest BCUT2D eigenvalue weighted by molar-refractivity contribution is 0.0419. The normalized spacial score (nSPS) is 23.6. The first-order valence-corrected chi connectivity index (χ1v) is 5.16. The Morgan fingerprint density at radius 3 is 2.94 bits per heavy atom. The first-order valence-electron chi connectivity index (χ1n) is 5.16. The van der Waals surface area contributed by atoms with Gasteiger partial charge in [-0.25, -0.2) is 4.98 Å². The second-order valence-electron chi connectivity index (χ2n) is 4.00. The van der Waals surface area contributed by atoms with Gasteiger partial charge in [-0.15, -0.1) is 0 Å². The number of rotatable bonds is 3. The summed E-state index contributed by atoms with van der Waals surface area (Å²) in [7, 11) is 0. The van der Waals surface area contributed by atoms with E-state index in [0.717, 1.165) is 19.0 Å². The van der Waals surface area contributed by atoms with E-state index in [0.29, 0.717) is 12.5 Å². The molecule has 1 amide bonds. The van der Waals surface area contributed by atoms with Crippen LogP contribution < -0.4 is 10.9 Å². The highest BCUT2D eigenvalue weighted by molar-refractivity contribution is 5.91. The Labute approximate surface area is 91.7 Å². The van der Waals surface area contributed by atoms with E-state index in [-0.39, 0.29) is 23.3 Å². The van der Waals surface area contributed by atoms with Crippen molar-refractivity contribution in [1.82, 2.24) is 15.3 Å². The summed E-state index contributed by atoms with van der Waals surface area (Å²) in [6.07, 6.45) is 3.61. The van der Waals surface area contributed by atoms with Gasteiger partial charge in [0, 0.05) is 12.7 Å². The van der Waals surface area contributed by atoms with Gasteiger partial charge in [0.1, 0.15) is 5.69 Å². The van der Waals surface area contributed by atoms with Gasteiger partial charge < -0.3 is 15.4 Å². The highest BCUT2D eigenvalue weighted by atomic mass is 16.3. The van der Waals surface area contributed by atoms with Crippen LogP contribution in [0.25, 0.3) is 0 Å². The largest absolute Gasteiger partial charge is 0.393 e. The summed E-state index contributed by atoms with van der Waals surface area (Å²) >= 11 is 0. The molecule has 0 saturated heterocycles. The molecule has 1 fully saturated rings. The van der Waals surface area contributed by atoms with Gasteiger partial charge in [-0.05, 0) is 18.8 Å². The number of carbonyl (C=O) groups excluding carboxylic acids is 1. The number of hydrogen-bond acceptors (Lipinski definition) is 4. The van der Waals surface area contributed by atoms with Crippen molar-refractivity contribution in [3.63, 3.8) is 0 Å². The van der Waals surface area contributed by atoms with Crippen LogP contribution in [0.2, 0.25) is 0 Å². The number of aliphatic hydroxyl groups is 1. The molecule has 0 radical (unpaired) electrons. The van der Waals surface area contributed by atoms with Crippen molar-refractivity contribution in [1.29, 1.82) is 0 Å². The molecule has 1 saturated carbocycles. The molecule has 16 heavy (non-hydrogen) atoms. The van der Waals surface area contributed by atoms with Crippen molar-refractivity contribution in [2.75, 3.05) is 6.54 Å². The summed E-state index contributed by atoms with van der Waals surface area (Å²) < 4.78 is 0. The van der Waals surface area contributed by atoms with Gasteiger partial charge in [-0.1, -0.05) is 0 Å². The minimum Gasteiger partial charge on any atom is -0.393 e. The zero-order valence-corrected chi connectivity index (χ0v) is 8.64. The number of amides is 1. The molecule has 6 nitrogen and oxygen atoms in total. The molecule has 0 spiro atoms. The minimum atomic E-state index is -0.335. The summed E-state index contributed by atoms with van der Waals surface area (Å²) in [6.45, 7) is 0.538. The molecule has 3 N–H and O–H groups in total. The summed E-state index contributed by atoms with van der Waals surface area (Å²) in [4.78, 5) is 28.3. The molecule has 0 unspecified atom stereocenters. The molecule has 0 bridgehead atoms. The number of aliphatic hydroxyl groups excluding tert-OH is 1. The van der Waals surface area contributed by atoms with Crippen molar-refractivity contribution in [3.8, 4) is 0 Å². The smallest absolute Gasteiger partial charge is 0.271 e. The summed E-state index contributed by atoms with van der Waals surface area (Å²) in [5.41, 5.74) is -0.141. The van der Waals surface area contributed by atoms with Crippen LogP contribution in [-0.4, -0.2) is 33.6 Å². The van der Waals surface area contributed by atoms with Crippen molar-refractivity contribution < 1.29 is 9.90 Å². The number of aromatic nitrogens is 2. The van der Waals surface area contributed by atoms with Crippen LogP contribution in [0.3, 0.4) is 0 Å². The number of carbonyl (C=O) groups is 1. The first kappa shape index (κ1) is 10.8. The fourth-order valence-electron chi connectivity index (χ4n) is 1.66. The van der Waals surface area contributed by atoms with Crippen LogP contribution >= 0.6 is 0 Å². The summed E-state index contributed by atoms with van der Waals surface area (Å²) in [6, 6.07) is 0. The van der Waals surface area contributed by atoms with Crippen LogP contribution in [0.4, 0.5) is 0 Å². The molecule has 2 rings (SSSR count). The lowest BCUT2D eigenvalue weighted by Crippen LogP contribution is -2.38. The second kappa shape index (κ2) is 4.44. The maximum Gasteiger partial charge on any atom is 0.271 e. The predicted octanol–water partition coefficient (Wildman–Crippen LogP) is -0.729. The zero-order chi connectivity index (χ0) is 11.5. The first-order chi connectivity index (χ1) is 7.65. The topological polar surface area (TPSA) is 95.1 Å². The third-order valence-electron chi connectivity index (χ3n) is 2.67. The van der Waals surface area contributed by atoms with Gasteiger partial charge in [-0.2, -0.15) is 0 Å². The number of nitrogens with zero attached hydrogens (tertiary/aromatic N) is 1. The van der Waals surface area contributed by atoms with E-state index in [1.165, 1.54) is 6.20 Å². The SMILES string of the molecule is O=C(NCC1CC(O)C1)c1c[nH]c(=O)cn1. The van der Waals surface area contributed by atoms with Gasteiger partial charge in [0.05, 0.1) is 12.3 Å². The number of aromatic amines is 1. The predicted molar refractivity (Wildman–Crippen MR) is 55.9 cm³/mol. The van der Waals surface area contributed by atoms with Crippen LogP contribution in [0.1, 0.15) is 23.3 Å². The van der Waals surface area contributed by atoms with E-state index < -0.39 is 0 Å². The molecule has 1 heterocycles. The average Bonchev–Trinajstić information content (AvgIpc) is 2.23. The molecule has 1 aromatic rings. The molecule has 6 heteroatoms. The summed E-state index contributed by atoms with van der Waals surface area (Å²) in [5, 5.41) is 11.8. The van der Waals surface area contributed by atoms with E-state index in [9.17, 15) is 9.59 Å². The standard InChI is InChI=1S/C10H13N3O3/c14-7-1-6(2-7)3-13-10(16)8-4-12-9(15)5-11-8/h4-7,14H,1-3H2,(H,12,15)(H,13,16). The molecule has 0 aromatic carbocycles. The van der Waals surface area contributed by atoms with Gasteiger partial charge in [-0.3, -0.25) is 9.59 Å². The van der Waals surface area contributed by atoms with Crippen LogP contribution in [0.15, 0.2) is 17.2 Å². The van der Waals surface area contributed by atoms with Gasteiger partial charge >= 0.3 is 0 Å². The number of hydrogen-bond donors (Lipinski definition) is 3. The summed E-state index contributed by atoms with van der Waals surface area (Å²) in [5.74, 6) is 0.0411. The Hall–Kier alpha value is -1.69. The van der Waals surface area contributed by atoms with Gasteiger partial charge in [0.2, 0.25) is 0 Å². The molecule has 1 aliphatic carbocycles.